The third-order valence-corrected chi connectivity index (χ3v) is 3.70. The van der Waals surface area contributed by atoms with Gasteiger partial charge in [0.2, 0.25) is 0 Å². The molecule has 0 bridgehead atoms. The molecule has 17 heavy (non-hydrogen) atoms. The minimum Gasteiger partial charge on any atom is -0.388 e. The van der Waals surface area contributed by atoms with Crippen molar-refractivity contribution >= 4 is 0 Å². The molecular formula is C13H16O4. The van der Waals surface area contributed by atoms with Crippen LogP contribution in [0.1, 0.15) is 11.1 Å². The number of benzene rings is 1. The van der Waals surface area contributed by atoms with E-state index in [0.29, 0.717) is 0 Å². The molecule has 4 nitrogen and oxygen atoms in total. The average molecular weight is 236 g/mol. The summed E-state index contributed by atoms with van der Waals surface area (Å²) in [4.78, 5) is 0. The fraction of sp³-hybridized carbons (Fsp3) is 0.538. The largest absolute Gasteiger partial charge is 0.388 e. The summed E-state index contributed by atoms with van der Waals surface area (Å²) in [7, 11) is 0. The molecule has 4 heteroatoms. The summed E-state index contributed by atoms with van der Waals surface area (Å²) in [6.07, 6.45) is -1.87. The lowest BCUT2D eigenvalue weighted by Gasteiger charge is -2.30. The van der Waals surface area contributed by atoms with E-state index in [0.717, 1.165) is 11.1 Å². The fourth-order valence-electron chi connectivity index (χ4n) is 2.77. The Kier molecular flexibility index (Phi) is 2.48. The molecule has 92 valence electrons. The van der Waals surface area contributed by atoms with E-state index in [2.05, 4.69) is 0 Å². The van der Waals surface area contributed by atoms with Crippen molar-refractivity contribution in [3.63, 3.8) is 0 Å². The van der Waals surface area contributed by atoms with Gasteiger partial charge in [0, 0.05) is 0 Å². The number of aliphatic hydroxyl groups excluding tert-OH is 2. The summed E-state index contributed by atoms with van der Waals surface area (Å²) in [5.41, 5.74) is 1.12. The Labute approximate surface area is 99.8 Å². The van der Waals surface area contributed by atoms with E-state index in [9.17, 15) is 10.2 Å². The van der Waals surface area contributed by atoms with Crippen LogP contribution < -0.4 is 0 Å². The molecule has 2 aliphatic rings. The molecule has 1 aromatic rings. The van der Waals surface area contributed by atoms with Gasteiger partial charge in [0.15, 0.2) is 0 Å². The zero-order valence-electron chi connectivity index (χ0n) is 9.67. The highest BCUT2D eigenvalue weighted by Gasteiger charge is 2.60. The standard InChI is InChI=1S/C13H16O4/c1-8-2-4-9(5-3-8)13-11(15)7-16-12(13)10(14)6-17-13/h2-5,10-12,14-15H,6-7H2,1H3/t10-,11+,12-,13-/m1/s1. The number of aliphatic hydroxyl groups is 2. The Bertz CT molecular complexity index is 416. The van der Waals surface area contributed by atoms with Crippen molar-refractivity contribution in [3.8, 4) is 0 Å². The highest BCUT2D eigenvalue weighted by molar-refractivity contribution is 5.32. The molecule has 0 aromatic heterocycles. The summed E-state index contributed by atoms with van der Waals surface area (Å²) in [6.45, 7) is 2.41. The zero-order chi connectivity index (χ0) is 12.0. The van der Waals surface area contributed by atoms with Gasteiger partial charge in [0.25, 0.3) is 0 Å². The minimum absolute atomic E-state index is 0.204. The molecule has 0 saturated carbocycles. The molecular weight excluding hydrogens is 220 g/mol. The first kappa shape index (κ1) is 11.2. The van der Waals surface area contributed by atoms with Crippen molar-refractivity contribution in [1.29, 1.82) is 0 Å². The molecule has 0 aliphatic carbocycles. The van der Waals surface area contributed by atoms with Crippen LogP contribution in [0.5, 0.6) is 0 Å². The van der Waals surface area contributed by atoms with Gasteiger partial charge in [-0.2, -0.15) is 0 Å². The number of hydrogen-bond donors (Lipinski definition) is 2. The van der Waals surface area contributed by atoms with Crippen molar-refractivity contribution < 1.29 is 19.7 Å². The number of ether oxygens (including phenoxy) is 2. The van der Waals surface area contributed by atoms with E-state index in [1.165, 1.54) is 0 Å². The molecule has 0 spiro atoms. The van der Waals surface area contributed by atoms with E-state index in [1.54, 1.807) is 0 Å². The topological polar surface area (TPSA) is 58.9 Å². The quantitative estimate of drug-likeness (QED) is 0.738. The van der Waals surface area contributed by atoms with Crippen LogP contribution in [0.3, 0.4) is 0 Å². The highest BCUT2D eigenvalue weighted by atomic mass is 16.6. The Balaban J connectivity index is 2.06. The Morgan fingerprint density at radius 3 is 2.59 bits per heavy atom. The van der Waals surface area contributed by atoms with Crippen LogP contribution in [0, 0.1) is 6.92 Å². The maximum atomic E-state index is 10.1. The van der Waals surface area contributed by atoms with Crippen LogP contribution >= 0.6 is 0 Å². The second kappa shape index (κ2) is 3.78. The Hall–Kier alpha value is -0.940. The first-order valence-electron chi connectivity index (χ1n) is 5.83. The van der Waals surface area contributed by atoms with Crippen LogP contribution in [-0.2, 0) is 15.1 Å². The Morgan fingerprint density at radius 2 is 1.88 bits per heavy atom. The number of rotatable bonds is 1. The van der Waals surface area contributed by atoms with Crippen molar-refractivity contribution in [2.75, 3.05) is 13.2 Å². The van der Waals surface area contributed by atoms with Gasteiger partial charge in [-0.3, -0.25) is 0 Å². The first-order valence-corrected chi connectivity index (χ1v) is 5.83. The zero-order valence-corrected chi connectivity index (χ0v) is 9.67. The van der Waals surface area contributed by atoms with E-state index >= 15 is 0 Å². The van der Waals surface area contributed by atoms with E-state index in [4.69, 9.17) is 9.47 Å². The molecule has 4 atom stereocenters. The van der Waals surface area contributed by atoms with Gasteiger partial charge in [-0.05, 0) is 12.5 Å². The van der Waals surface area contributed by atoms with Gasteiger partial charge in [-0.15, -0.1) is 0 Å². The van der Waals surface area contributed by atoms with E-state index in [-0.39, 0.29) is 13.2 Å². The second-order valence-electron chi connectivity index (χ2n) is 4.81. The summed E-state index contributed by atoms with van der Waals surface area (Å²) in [6, 6.07) is 7.80. The predicted molar refractivity (Wildman–Crippen MR) is 60.6 cm³/mol. The smallest absolute Gasteiger partial charge is 0.150 e. The number of fused-ring (bicyclic) bond motifs is 1. The third kappa shape index (κ3) is 1.45. The van der Waals surface area contributed by atoms with Crippen molar-refractivity contribution in [2.45, 2.75) is 30.8 Å². The van der Waals surface area contributed by atoms with Gasteiger partial charge < -0.3 is 19.7 Å². The highest BCUT2D eigenvalue weighted by Crippen LogP contribution is 2.45. The molecule has 2 fully saturated rings. The maximum Gasteiger partial charge on any atom is 0.150 e. The van der Waals surface area contributed by atoms with Crippen molar-refractivity contribution in [3.05, 3.63) is 35.4 Å². The summed E-state index contributed by atoms with van der Waals surface area (Å²) >= 11 is 0. The molecule has 2 saturated heterocycles. The molecule has 0 amide bonds. The molecule has 2 N–H and O–H groups in total. The van der Waals surface area contributed by atoms with Gasteiger partial charge in [0.05, 0.1) is 13.2 Å². The number of hydrogen-bond acceptors (Lipinski definition) is 4. The van der Waals surface area contributed by atoms with Gasteiger partial charge >= 0.3 is 0 Å². The van der Waals surface area contributed by atoms with Crippen molar-refractivity contribution in [2.24, 2.45) is 0 Å². The summed E-state index contributed by atoms with van der Waals surface area (Å²) < 4.78 is 11.2. The molecule has 0 radical (unpaired) electrons. The van der Waals surface area contributed by atoms with Crippen molar-refractivity contribution in [1.82, 2.24) is 0 Å². The lowest BCUT2D eigenvalue weighted by molar-refractivity contribution is -0.0818. The normalized spacial score (nSPS) is 40.5. The lowest BCUT2D eigenvalue weighted by Crippen LogP contribution is -2.44. The molecule has 1 aromatic carbocycles. The second-order valence-corrected chi connectivity index (χ2v) is 4.81. The third-order valence-electron chi connectivity index (χ3n) is 3.70. The van der Waals surface area contributed by atoms with Gasteiger partial charge in [-0.25, -0.2) is 0 Å². The van der Waals surface area contributed by atoms with E-state index in [1.807, 2.05) is 31.2 Å². The molecule has 3 rings (SSSR count). The van der Waals surface area contributed by atoms with Crippen LogP contribution in [0.4, 0.5) is 0 Å². The van der Waals surface area contributed by atoms with Crippen LogP contribution in [0.15, 0.2) is 24.3 Å². The maximum absolute atomic E-state index is 10.1. The lowest BCUT2D eigenvalue weighted by atomic mass is 9.84. The van der Waals surface area contributed by atoms with Gasteiger partial charge in [0.1, 0.15) is 23.9 Å². The summed E-state index contributed by atoms with van der Waals surface area (Å²) in [5.74, 6) is 0. The van der Waals surface area contributed by atoms with E-state index < -0.39 is 23.9 Å². The predicted octanol–water partition coefficient (Wildman–Crippen LogP) is 0.341. The SMILES string of the molecule is Cc1ccc([C@]23OC[C@@H](O)[C@H]2OC[C@@H]3O)cc1. The van der Waals surface area contributed by atoms with Gasteiger partial charge in [-0.1, -0.05) is 29.8 Å². The van der Waals surface area contributed by atoms with Crippen LogP contribution in [-0.4, -0.2) is 41.7 Å². The monoisotopic (exact) mass is 236 g/mol. The molecule has 0 unspecified atom stereocenters. The minimum atomic E-state index is -0.896. The fourth-order valence-corrected chi connectivity index (χ4v) is 2.77. The van der Waals surface area contributed by atoms with Crippen LogP contribution in [0.2, 0.25) is 0 Å². The van der Waals surface area contributed by atoms with Crippen LogP contribution in [0.25, 0.3) is 0 Å². The summed E-state index contributed by atoms with van der Waals surface area (Å²) in [5, 5.41) is 20.0. The Morgan fingerprint density at radius 1 is 1.18 bits per heavy atom. The number of aryl methyl sites for hydroxylation is 1. The first-order chi connectivity index (χ1) is 8.14. The average Bonchev–Trinajstić information content (AvgIpc) is 2.82. The molecule has 2 aliphatic heterocycles. The molecule has 2 heterocycles.